The molecular weight excluding hydrogens is 1650 g/mol. The van der Waals surface area contributed by atoms with E-state index in [1.54, 1.807) is 11.3 Å². The molecule has 17 heteroatoms. The summed E-state index contributed by atoms with van der Waals surface area (Å²) in [6, 6.07) is 133. The van der Waals surface area contributed by atoms with Gasteiger partial charge in [0.1, 0.15) is 28.4 Å². The van der Waals surface area contributed by atoms with Crippen molar-refractivity contribution in [1.82, 2.24) is 24.9 Å². The summed E-state index contributed by atoms with van der Waals surface area (Å²) in [4.78, 5) is 22.1. The van der Waals surface area contributed by atoms with Crippen LogP contribution in [0.5, 0.6) is 6.01 Å². The van der Waals surface area contributed by atoms with Gasteiger partial charge in [-0.15, -0.1) is 11.3 Å². The van der Waals surface area contributed by atoms with Gasteiger partial charge in [0.05, 0.1) is 40.3 Å². The molecule has 16 aromatic rings. The number of halogens is 1. The Hall–Kier alpha value is -9.13. The van der Waals surface area contributed by atoms with Crippen LogP contribution in [0.1, 0.15) is 45.2 Å². The van der Waals surface area contributed by atoms with Crippen molar-refractivity contribution in [3.8, 4) is 16.7 Å². The largest absolute Gasteiger partial charge is 0.456 e. The molecular formula is C99H92ClN5O4P4PdSSi. The Labute approximate surface area is 711 Å². The van der Waals surface area contributed by atoms with Gasteiger partial charge in [-0.25, -0.2) is 9.97 Å². The number of aromatic amines is 1. The molecule has 3 aliphatic rings. The van der Waals surface area contributed by atoms with Crippen LogP contribution in [-0.2, 0) is 34.3 Å². The van der Waals surface area contributed by atoms with Gasteiger partial charge in [-0.3, -0.25) is 4.98 Å². The van der Waals surface area contributed by atoms with Crippen molar-refractivity contribution >= 4 is 148 Å². The van der Waals surface area contributed by atoms with Gasteiger partial charge in [-0.2, -0.15) is 4.98 Å². The van der Waals surface area contributed by atoms with E-state index in [4.69, 9.17) is 40.2 Å². The number of rotatable bonds is 18. The van der Waals surface area contributed by atoms with Crippen molar-refractivity contribution in [2.24, 2.45) is 0 Å². The van der Waals surface area contributed by atoms with Gasteiger partial charge >= 0.3 is 0 Å². The van der Waals surface area contributed by atoms with Crippen LogP contribution >= 0.6 is 54.6 Å². The molecule has 9 nitrogen and oxygen atoms in total. The van der Waals surface area contributed by atoms with Crippen molar-refractivity contribution in [3.63, 3.8) is 0 Å². The molecule has 1 N–H and O–H groups in total. The summed E-state index contributed by atoms with van der Waals surface area (Å²) < 4.78 is 26.2. The summed E-state index contributed by atoms with van der Waals surface area (Å²) in [5.41, 5.74) is 3.85. The van der Waals surface area contributed by atoms with Crippen LogP contribution in [0, 0.1) is 0 Å². The Bertz CT molecular complexity index is 4810. The van der Waals surface area contributed by atoms with Crippen molar-refractivity contribution < 1.29 is 39.1 Å². The molecule has 0 bridgehead atoms. The van der Waals surface area contributed by atoms with Gasteiger partial charge in [0.2, 0.25) is 0 Å². The number of thiazole rings is 1. The number of hydrogen-bond acceptors (Lipinski definition) is 9. The molecule has 4 atom stereocenters. The van der Waals surface area contributed by atoms with Gasteiger partial charge in [-0.1, -0.05) is 396 Å². The fourth-order valence-electron chi connectivity index (χ4n) is 13.8. The summed E-state index contributed by atoms with van der Waals surface area (Å²) in [5, 5.41) is 18.2. The third-order valence-corrected chi connectivity index (χ3v) is 36.2. The monoisotopic (exact) mass is 1740 g/mol. The smallest absolute Gasteiger partial charge is 0.296 e. The second-order valence-corrected chi connectivity index (χ2v) is 44.7. The number of fused-ring (bicyclic) bond motifs is 3. The Morgan fingerprint density at radius 3 is 0.991 bits per heavy atom. The van der Waals surface area contributed by atoms with E-state index in [1.165, 1.54) is 76.5 Å². The fourth-order valence-corrected chi connectivity index (χ4v) is 25.6. The molecule has 2 saturated heterocycles. The second-order valence-electron chi connectivity index (χ2n) is 29.6. The Morgan fingerprint density at radius 1 is 0.405 bits per heavy atom. The molecule has 584 valence electrons. The van der Waals surface area contributed by atoms with Crippen molar-refractivity contribution in [2.45, 2.75) is 82.1 Å². The van der Waals surface area contributed by atoms with E-state index in [9.17, 15) is 0 Å². The van der Waals surface area contributed by atoms with E-state index in [0.717, 1.165) is 20.9 Å². The zero-order valence-corrected chi connectivity index (χ0v) is 73.1. The van der Waals surface area contributed by atoms with Gasteiger partial charge < -0.3 is 23.6 Å². The fraction of sp³-hybridized carbons (Fsp3) is 0.152. The molecule has 2 unspecified atom stereocenters. The van der Waals surface area contributed by atoms with E-state index < -0.39 is 40.0 Å². The summed E-state index contributed by atoms with van der Waals surface area (Å²) >= 11 is 8.25. The zero-order valence-electron chi connectivity index (χ0n) is 65.4. The van der Waals surface area contributed by atoms with Crippen LogP contribution in [0.2, 0.25) is 23.2 Å². The Kier molecular flexibility index (Phi) is 29.0. The van der Waals surface area contributed by atoms with E-state index in [1.807, 2.05) is 18.3 Å². The molecule has 19 rings (SSSR count). The molecule has 0 radical (unpaired) electrons. The van der Waals surface area contributed by atoms with Gasteiger partial charge in [-0.05, 0) is 138 Å². The third-order valence-electron chi connectivity index (χ3n) is 20.6. The SMILES string of the molecule is CC(C)(C)[Si](C)(C)O[C@@H]1COC2C1OC[C@H]2Oc1nc2nc(-c3nc4c(C5CC5)nccc4s3)c(Cl)cc2[nH]1.[Pd].c1ccc(P(c2ccccc2)c2ccccc2)cc1.c1ccc(P(c2ccccc2)c2ccccc2)cc1.c1ccc(P(c2ccccc2)c2ccccc2)cc1.c1ccc(P(c2ccccc2)c2ccccc2)cc1. The first kappa shape index (κ1) is 83.4. The standard InChI is InChI=1S/C27H32ClN5O4SSi.4C18H15P.Pd/c1-27(2,3)39(4,5)37-17-12-35-22-16(11-34-23(17)22)36-26-30-15-10-14(28)20(31-24(15)33-26)25-32-21-18(38-25)8-9-29-19(21)13-6-7-13;4*1-4-10-16(11-5-1)19(17-12-6-2-7-13-17)18-14-8-3-9-15-18;/h8-10,13,16-17,22-23H,6-7,11-12H2,1-5H3,(H,30,31,33);4*1-15H;/t16-,17-,22?,23?;;;;;/m1...../s1. The molecule has 1 saturated carbocycles. The number of hydrogen-bond donors (Lipinski definition) is 1. The number of benzene rings is 12. The van der Waals surface area contributed by atoms with Gasteiger partial charge in [0.25, 0.3) is 6.01 Å². The summed E-state index contributed by atoms with van der Waals surface area (Å²) in [7, 11) is -3.74. The van der Waals surface area contributed by atoms with E-state index >= 15 is 0 Å². The first-order valence-corrected chi connectivity index (χ1v) is 48.6. The van der Waals surface area contributed by atoms with E-state index in [0.29, 0.717) is 47.0 Å². The molecule has 2 aliphatic heterocycles. The summed E-state index contributed by atoms with van der Waals surface area (Å²) in [6.07, 6.45) is 3.45. The minimum Gasteiger partial charge on any atom is -0.456 e. The predicted octanol–water partition coefficient (Wildman–Crippen LogP) is 19.9. The molecule has 3 fully saturated rings. The molecule has 6 heterocycles. The molecule has 4 aromatic heterocycles. The number of ether oxygens (including phenoxy) is 3. The maximum absolute atomic E-state index is 6.68. The average molecular weight is 1740 g/mol. The molecule has 116 heavy (non-hydrogen) atoms. The first-order chi connectivity index (χ1) is 56.4. The molecule has 0 amide bonds. The van der Waals surface area contributed by atoms with Crippen LogP contribution in [0.15, 0.2) is 382 Å². The van der Waals surface area contributed by atoms with Crippen molar-refractivity contribution in [1.29, 1.82) is 0 Å². The van der Waals surface area contributed by atoms with Crippen LogP contribution in [0.25, 0.3) is 32.1 Å². The Balaban J connectivity index is 0.000000125. The number of imidazole rings is 1. The second kappa shape index (κ2) is 40.3. The van der Waals surface area contributed by atoms with Crippen molar-refractivity contribution in [3.05, 3.63) is 393 Å². The maximum Gasteiger partial charge on any atom is 0.296 e. The van der Waals surface area contributed by atoms with Gasteiger partial charge in [0, 0.05) is 32.5 Å². The number of pyridine rings is 2. The predicted molar refractivity (Wildman–Crippen MR) is 494 cm³/mol. The topological polar surface area (TPSA) is 104 Å². The molecule has 12 aromatic carbocycles. The van der Waals surface area contributed by atoms with Crippen LogP contribution in [-0.4, -0.2) is 70.9 Å². The van der Waals surface area contributed by atoms with Gasteiger partial charge in [0.15, 0.2) is 20.1 Å². The summed E-state index contributed by atoms with van der Waals surface area (Å²) in [6.45, 7) is 12.1. The van der Waals surface area contributed by atoms with Crippen LogP contribution in [0.4, 0.5) is 0 Å². The quantitative estimate of drug-likeness (QED) is 0.0669. The van der Waals surface area contributed by atoms with Crippen LogP contribution < -0.4 is 68.4 Å². The molecule has 0 spiro atoms. The number of aromatic nitrogens is 5. The number of H-pyrrole nitrogens is 1. The summed E-state index contributed by atoms with van der Waals surface area (Å²) in [5.74, 6) is 0.512. The number of nitrogens with one attached hydrogen (secondary N) is 1. The minimum absolute atomic E-state index is 0. The number of nitrogens with zero attached hydrogens (tertiary/aromatic N) is 4. The normalized spacial score (nSPS) is 15.5. The zero-order chi connectivity index (χ0) is 78.8. The average Bonchev–Trinajstić information content (AvgIpc) is 1.62. The first-order valence-electron chi connectivity index (χ1n) is 39.1. The van der Waals surface area contributed by atoms with E-state index in [2.05, 4.69) is 413 Å². The maximum atomic E-state index is 6.68. The molecule has 1 aliphatic carbocycles. The van der Waals surface area contributed by atoms with Crippen LogP contribution in [0.3, 0.4) is 0 Å². The van der Waals surface area contributed by atoms with E-state index in [-0.39, 0.29) is 49.9 Å². The Morgan fingerprint density at radius 2 is 0.698 bits per heavy atom. The van der Waals surface area contributed by atoms with Crippen molar-refractivity contribution in [2.75, 3.05) is 13.2 Å². The minimum atomic E-state index is -1.95. The third kappa shape index (κ3) is 21.0.